The fourth-order valence-electron chi connectivity index (χ4n) is 3.64. The maximum atomic E-state index is 5.40. The first kappa shape index (κ1) is 13.9. The summed E-state index contributed by atoms with van der Waals surface area (Å²) in [7, 11) is 3.84. The van der Waals surface area contributed by atoms with E-state index in [0.717, 1.165) is 5.75 Å². The van der Waals surface area contributed by atoms with E-state index in [1.807, 2.05) is 0 Å². The van der Waals surface area contributed by atoms with Crippen LogP contribution >= 0.6 is 0 Å². The van der Waals surface area contributed by atoms with Crippen molar-refractivity contribution < 1.29 is 4.74 Å². The molecule has 0 saturated carbocycles. The number of methoxy groups -OCH3 is 1. The first-order chi connectivity index (χ1) is 9.65. The van der Waals surface area contributed by atoms with Gasteiger partial charge in [0.25, 0.3) is 0 Å². The molecule has 1 heterocycles. The zero-order chi connectivity index (χ0) is 14.2. The topological polar surface area (TPSA) is 24.5 Å². The van der Waals surface area contributed by atoms with Gasteiger partial charge >= 0.3 is 0 Å². The maximum Gasteiger partial charge on any atom is 0.119 e. The molecule has 2 aliphatic rings. The molecule has 1 saturated heterocycles. The third-order valence-electron chi connectivity index (χ3n) is 5.35. The quantitative estimate of drug-likeness (QED) is 0.917. The van der Waals surface area contributed by atoms with Crippen LogP contribution in [0.4, 0.5) is 0 Å². The lowest BCUT2D eigenvalue weighted by Gasteiger charge is -2.42. The van der Waals surface area contributed by atoms with Gasteiger partial charge in [-0.3, -0.25) is 4.90 Å². The predicted octanol–water partition coefficient (Wildman–Crippen LogP) is 2.76. The number of aryl methyl sites for hydroxylation is 1. The molecule has 3 rings (SSSR count). The summed E-state index contributed by atoms with van der Waals surface area (Å²) in [5, 5.41) is 3.48. The molecule has 1 aliphatic heterocycles. The van der Waals surface area contributed by atoms with Crippen LogP contribution in [0, 0.1) is 0 Å². The number of nitrogens with zero attached hydrogens (tertiary/aromatic N) is 1. The van der Waals surface area contributed by atoms with Crippen LogP contribution in [-0.4, -0.2) is 37.7 Å². The number of nitrogens with one attached hydrogen (secondary N) is 1. The lowest BCUT2D eigenvalue weighted by molar-refractivity contribution is 0.110. The predicted molar refractivity (Wildman–Crippen MR) is 82.3 cm³/mol. The minimum atomic E-state index is 0.326. The van der Waals surface area contributed by atoms with Crippen LogP contribution in [-0.2, 0) is 6.42 Å². The van der Waals surface area contributed by atoms with E-state index >= 15 is 0 Å². The highest BCUT2D eigenvalue weighted by molar-refractivity contribution is 5.41. The second-order valence-electron chi connectivity index (χ2n) is 6.47. The lowest BCUT2D eigenvalue weighted by Crippen LogP contribution is -2.50. The highest BCUT2D eigenvalue weighted by Crippen LogP contribution is 2.39. The first-order valence-electron chi connectivity index (χ1n) is 7.75. The highest BCUT2D eigenvalue weighted by Gasteiger charge is 2.34. The van der Waals surface area contributed by atoms with E-state index in [-0.39, 0.29) is 0 Å². The Morgan fingerprint density at radius 2 is 2.05 bits per heavy atom. The minimum Gasteiger partial charge on any atom is -0.497 e. The van der Waals surface area contributed by atoms with Crippen molar-refractivity contribution in [1.29, 1.82) is 0 Å². The zero-order valence-corrected chi connectivity index (χ0v) is 12.9. The highest BCUT2D eigenvalue weighted by atomic mass is 16.5. The van der Waals surface area contributed by atoms with Gasteiger partial charge in [0.2, 0.25) is 0 Å². The van der Waals surface area contributed by atoms with Gasteiger partial charge in [0.1, 0.15) is 5.75 Å². The number of ether oxygens (including phenoxy) is 1. The largest absolute Gasteiger partial charge is 0.497 e. The second kappa shape index (κ2) is 5.38. The van der Waals surface area contributed by atoms with Gasteiger partial charge in [0, 0.05) is 24.7 Å². The Kier molecular flexibility index (Phi) is 3.74. The summed E-state index contributed by atoms with van der Waals surface area (Å²) >= 11 is 0. The fraction of sp³-hybridized carbons (Fsp3) is 0.647. The molecule has 1 unspecified atom stereocenters. The number of benzene rings is 1. The van der Waals surface area contributed by atoms with E-state index in [1.165, 1.54) is 49.9 Å². The van der Waals surface area contributed by atoms with Gasteiger partial charge in [-0.2, -0.15) is 0 Å². The zero-order valence-electron chi connectivity index (χ0n) is 12.9. The number of likely N-dealkylation sites (tertiary alicyclic amines) is 1. The number of hydrogen-bond donors (Lipinski definition) is 1. The second-order valence-corrected chi connectivity index (χ2v) is 6.47. The fourth-order valence-corrected chi connectivity index (χ4v) is 3.64. The molecule has 3 heteroatoms. The molecule has 0 radical (unpaired) electrons. The van der Waals surface area contributed by atoms with Crippen molar-refractivity contribution in [2.24, 2.45) is 0 Å². The number of fused-ring (bicyclic) bond motifs is 1. The van der Waals surface area contributed by atoms with Gasteiger partial charge in [-0.25, -0.2) is 0 Å². The molecule has 0 aromatic heterocycles. The van der Waals surface area contributed by atoms with Gasteiger partial charge in [0.15, 0.2) is 0 Å². The van der Waals surface area contributed by atoms with Crippen LogP contribution in [0.5, 0.6) is 5.75 Å². The number of piperidine rings is 1. The molecule has 1 fully saturated rings. The summed E-state index contributed by atoms with van der Waals surface area (Å²) < 4.78 is 5.40. The van der Waals surface area contributed by atoms with Crippen LogP contribution in [0.25, 0.3) is 0 Å². The van der Waals surface area contributed by atoms with Gasteiger partial charge in [-0.1, -0.05) is 6.07 Å². The van der Waals surface area contributed by atoms with Gasteiger partial charge in [-0.15, -0.1) is 0 Å². The summed E-state index contributed by atoms with van der Waals surface area (Å²) in [4.78, 5) is 2.67. The van der Waals surface area contributed by atoms with Crippen molar-refractivity contribution >= 4 is 0 Å². The molecule has 1 aromatic rings. The normalized spacial score (nSPS) is 25.4. The van der Waals surface area contributed by atoms with E-state index in [1.54, 1.807) is 7.11 Å². The summed E-state index contributed by atoms with van der Waals surface area (Å²) in [6.07, 6.45) is 4.95. The first-order valence-corrected chi connectivity index (χ1v) is 7.75. The average molecular weight is 274 g/mol. The van der Waals surface area contributed by atoms with Crippen molar-refractivity contribution in [3.8, 4) is 5.75 Å². The molecule has 1 N–H and O–H groups in total. The molecule has 0 amide bonds. The van der Waals surface area contributed by atoms with Crippen LogP contribution in [0.1, 0.15) is 43.4 Å². The maximum absolute atomic E-state index is 5.40. The molecular weight excluding hydrogens is 248 g/mol. The van der Waals surface area contributed by atoms with Crippen molar-refractivity contribution in [3.63, 3.8) is 0 Å². The molecular formula is C17H26N2O. The van der Waals surface area contributed by atoms with Gasteiger partial charge in [-0.05, 0) is 62.9 Å². The van der Waals surface area contributed by atoms with Crippen molar-refractivity contribution in [2.45, 2.75) is 44.2 Å². The SMILES string of the molecule is CNC1(C)CCN(C2CCc3ccc(OC)cc32)CC1. The van der Waals surface area contributed by atoms with Crippen LogP contribution in [0.3, 0.4) is 0 Å². The molecule has 0 bridgehead atoms. The summed E-state index contributed by atoms with van der Waals surface area (Å²) in [6.45, 7) is 4.73. The summed E-state index contributed by atoms with van der Waals surface area (Å²) in [5.74, 6) is 0.993. The van der Waals surface area contributed by atoms with Crippen LogP contribution < -0.4 is 10.1 Å². The third kappa shape index (κ3) is 2.45. The van der Waals surface area contributed by atoms with E-state index in [9.17, 15) is 0 Å². The van der Waals surface area contributed by atoms with Crippen molar-refractivity contribution in [3.05, 3.63) is 29.3 Å². The Balaban J connectivity index is 1.75. The Morgan fingerprint density at radius 3 is 2.70 bits per heavy atom. The van der Waals surface area contributed by atoms with Gasteiger partial charge < -0.3 is 10.1 Å². The average Bonchev–Trinajstić information content (AvgIpc) is 2.91. The lowest BCUT2D eigenvalue weighted by atomic mass is 9.88. The Morgan fingerprint density at radius 1 is 1.30 bits per heavy atom. The number of rotatable bonds is 3. The molecule has 1 atom stereocenters. The van der Waals surface area contributed by atoms with Crippen molar-refractivity contribution in [1.82, 2.24) is 10.2 Å². The van der Waals surface area contributed by atoms with Crippen LogP contribution in [0.15, 0.2) is 18.2 Å². The Bertz CT molecular complexity index is 478. The molecule has 0 spiro atoms. The van der Waals surface area contributed by atoms with Crippen molar-refractivity contribution in [2.75, 3.05) is 27.2 Å². The standard InChI is InChI=1S/C17H26N2O/c1-17(18-2)8-10-19(11-9-17)16-7-5-13-4-6-14(20-3)12-15(13)16/h4,6,12,16,18H,5,7-11H2,1-3H3. The summed E-state index contributed by atoms with van der Waals surface area (Å²) in [6, 6.07) is 7.19. The third-order valence-corrected chi connectivity index (χ3v) is 5.35. The Hall–Kier alpha value is -1.06. The molecule has 20 heavy (non-hydrogen) atoms. The molecule has 110 valence electrons. The van der Waals surface area contributed by atoms with E-state index < -0.39 is 0 Å². The number of hydrogen-bond acceptors (Lipinski definition) is 3. The van der Waals surface area contributed by atoms with E-state index in [4.69, 9.17) is 4.74 Å². The summed E-state index contributed by atoms with van der Waals surface area (Å²) in [5.41, 5.74) is 3.34. The minimum absolute atomic E-state index is 0.326. The Labute approximate surface area is 122 Å². The molecule has 3 nitrogen and oxygen atoms in total. The molecule has 1 aromatic carbocycles. The smallest absolute Gasteiger partial charge is 0.119 e. The van der Waals surface area contributed by atoms with Crippen LogP contribution in [0.2, 0.25) is 0 Å². The van der Waals surface area contributed by atoms with E-state index in [2.05, 4.69) is 42.4 Å². The molecule has 1 aliphatic carbocycles. The monoisotopic (exact) mass is 274 g/mol. The van der Waals surface area contributed by atoms with E-state index in [0.29, 0.717) is 11.6 Å². The van der Waals surface area contributed by atoms with Gasteiger partial charge in [0.05, 0.1) is 7.11 Å².